The quantitative estimate of drug-likeness (QED) is 0.816. The Morgan fingerprint density at radius 2 is 1.96 bits per heavy atom. The zero-order chi connectivity index (χ0) is 17.7. The van der Waals surface area contributed by atoms with Crippen molar-refractivity contribution in [1.29, 1.82) is 0 Å². The average Bonchev–Trinajstić information content (AvgIpc) is 3.24. The highest BCUT2D eigenvalue weighted by Gasteiger charge is 2.51. The third-order valence-corrected chi connectivity index (χ3v) is 6.04. The van der Waals surface area contributed by atoms with Gasteiger partial charge in [-0.2, -0.15) is 4.31 Å². The molecule has 2 heterocycles. The minimum absolute atomic E-state index is 0.157. The Morgan fingerprint density at radius 3 is 2.60 bits per heavy atom. The van der Waals surface area contributed by atoms with Crippen molar-refractivity contribution < 1.29 is 22.0 Å². The normalized spacial score (nSPS) is 23.5. The van der Waals surface area contributed by atoms with Crippen molar-refractivity contribution in [2.75, 3.05) is 26.0 Å². The van der Waals surface area contributed by atoms with Crippen LogP contribution in [0.2, 0.25) is 0 Å². The Morgan fingerprint density at radius 1 is 1.24 bits per heavy atom. The van der Waals surface area contributed by atoms with E-state index >= 15 is 0 Å². The van der Waals surface area contributed by atoms with Crippen molar-refractivity contribution in [3.63, 3.8) is 0 Å². The minimum Gasteiger partial charge on any atom is -0.421 e. The second-order valence-corrected chi connectivity index (χ2v) is 8.50. The molecule has 1 aliphatic heterocycles. The van der Waals surface area contributed by atoms with E-state index in [2.05, 4.69) is 10.2 Å². The molecule has 0 amide bonds. The molecule has 2 aliphatic rings. The van der Waals surface area contributed by atoms with Gasteiger partial charge < -0.3 is 9.15 Å². The van der Waals surface area contributed by atoms with Gasteiger partial charge in [-0.25, -0.2) is 12.8 Å². The molecule has 0 spiro atoms. The molecule has 4 rings (SSSR count). The van der Waals surface area contributed by atoms with Crippen LogP contribution >= 0.6 is 0 Å². The van der Waals surface area contributed by atoms with Crippen LogP contribution in [0.25, 0.3) is 0 Å². The van der Waals surface area contributed by atoms with Crippen molar-refractivity contribution in [3.05, 3.63) is 47.4 Å². The summed E-state index contributed by atoms with van der Waals surface area (Å²) >= 11 is 0. The van der Waals surface area contributed by atoms with E-state index < -0.39 is 16.1 Å². The molecule has 1 atom stereocenters. The van der Waals surface area contributed by atoms with Gasteiger partial charge in [0.25, 0.3) is 0 Å². The number of hydrogen-bond acceptors (Lipinski definition) is 6. The van der Waals surface area contributed by atoms with Gasteiger partial charge in [0, 0.05) is 13.1 Å². The van der Waals surface area contributed by atoms with Gasteiger partial charge in [0.15, 0.2) is 0 Å². The van der Waals surface area contributed by atoms with Gasteiger partial charge in [-0.3, -0.25) is 0 Å². The highest BCUT2D eigenvalue weighted by atomic mass is 32.2. The molecule has 0 radical (unpaired) electrons. The maximum absolute atomic E-state index is 13.2. The summed E-state index contributed by atoms with van der Waals surface area (Å²) in [6.07, 6.45) is 2.29. The number of hydrogen-bond donors (Lipinski definition) is 0. The topological polar surface area (TPSA) is 85.5 Å². The van der Waals surface area contributed by atoms with E-state index in [4.69, 9.17) is 9.15 Å². The first-order valence-corrected chi connectivity index (χ1v) is 9.90. The molecule has 25 heavy (non-hydrogen) atoms. The molecule has 0 N–H and O–H groups in total. The number of sulfonamides is 1. The molecule has 0 bridgehead atoms. The summed E-state index contributed by atoms with van der Waals surface area (Å²) < 4.78 is 49.4. The molecule has 1 aromatic heterocycles. The number of halogens is 1. The van der Waals surface area contributed by atoms with E-state index in [9.17, 15) is 12.8 Å². The van der Waals surface area contributed by atoms with E-state index in [0.717, 1.165) is 18.4 Å². The molecule has 7 nitrogen and oxygen atoms in total. The van der Waals surface area contributed by atoms with Gasteiger partial charge in [0.05, 0.1) is 18.3 Å². The number of rotatable bonds is 4. The van der Waals surface area contributed by atoms with E-state index in [0.29, 0.717) is 12.4 Å². The summed E-state index contributed by atoms with van der Waals surface area (Å²) in [5, 5.41) is 8.22. The summed E-state index contributed by atoms with van der Waals surface area (Å²) in [6.45, 7) is 0.748. The largest absolute Gasteiger partial charge is 0.421 e. The van der Waals surface area contributed by atoms with Crippen LogP contribution in [0.4, 0.5) is 4.39 Å². The Balaban J connectivity index is 1.57. The lowest BCUT2D eigenvalue weighted by molar-refractivity contribution is -0.0177. The van der Waals surface area contributed by atoms with E-state index in [1.54, 1.807) is 12.1 Å². The monoisotopic (exact) mass is 367 g/mol. The van der Waals surface area contributed by atoms with Gasteiger partial charge in [-0.05, 0) is 30.5 Å². The van der Waals surface area contributed by atoms with Crippen LogP contribution in [0.1, 0.15) is 36.3 Å². The highest BCUT2D eigenvalue weighted by molar-refractivity contribution is 7.88. The smallest absolute Gasteiger partial charge is 0.246 e. The van der Waals surface area contributed by atoms with Crippen molar-refractivity contribution in [1.82, 2.24) is 14.5 Å². The van der Waals surface area contributed by atoms with Crippen LogP contribution in [-0.4, -0.2) is 48.9 Å². The number of benzene rings is 1. The number of aromatic nitrogens is 2. The van der Waals surface area contributed by atoms with Gasteiger partial charge in [-0.1, -0.05) is 12.1 Å². The maximum Gasteiger partial charge on any atom is 0.246 e. The predicted octanol–water partition coefficient (Wildman–Crippen LogP) is 1.62. The summed E-state index contributed by atoms with van der Waals surface area (Å²) in [7, 11) is -3.30. The van der Waals surface area contributed by atoms with E-state index in [1.807, 2.05) is 0 Å². The standard InChI is InChI=1S/C16H18FN3O4S/c1-25(21,22)20-8-9-23-13(10-20)14-18-19-15(24-14)16(6-7-16)11-2-4-12(17)5-3-11/h2-5,13H,6-10H2,1H3/t13-/m0/s1. The van der Waals surface area contributed by atoms with Gasteiger partial charge >= 0.3 is 0 Å². The lowest BCUT2D eigenvalue weighted by Gasteiger charge is -2.29. The van der Waals surface area contributed by atoms with Crippen LogP contribution in [0, 0.1) is 5.82 Å². The zero-order valence-corrected chi connectivity index (χ0v) is 14.5. The van der Waals surface area contributed by atoms with E-state index in [1.165, 1.54) is 22.7 Å². The highest BCUT2D eigenvalue weighted by Crippen LogP contribution is 2.53. The minimum atomic E-state index is -3.30. The zero-order valence-electron chi connectivity index (χ0n) is 13.7. The maximum atomic E-state index is 13.2. The molecule has 1 aromatic carbocycles. The Bertz CT molecular complexity index is 877. The fraction of sp³-hybridized carbons (Fsp3) is 0.500. The van der Waals surface area contributed by atoms with Gasteiger partial charge in [0.2, 0.25) is 21.8 Å². The molecule has 1 aliphatic carbocycles. The van der Waals surface area contributed by atoms with Crippen LogP contribution in [0.5, 0.6) is 0 Å². The average molecular weight is 367 g/mol. The van der Waals surface area contributed by atoms with Crippen molar-refractivity contribution in [3.8, 4) is 0 Å². The second-order valence-electron chi connectivity index (χ2n) is 6.51. The summed E-state index contributed by atoms with van der Waals surface area (Å²) in [4.78, 5) is 0. The number of nitrogens with zero attached hydrogens (tertiary/aromatic N) is 3. The molecule has 2 fully saturated rings. The third kappa shape index (κ3) is 3.07. The fourth-order valence-corrected chi connectivity index (χ4v) is 3.97. The van der Waals surface area contributed by atoms with Crippen LogP contribution in [0.3, 0.4) is 0 Å². The van der Waals surface area contributed by atoms with Gasteiger partial charge in [0.1, 0.15) is 11.9 Å². The SMILES string of the molecule is CS(=O)(=O)N1CCO[C@H](c2nnc(C3(c4ccc(F)cc4)CC3)o2)C1. The van der Waals surface area contributed by atoms with Crippen LogP contribution < -0.4 is 0 Å². The number of morpholine rings is 1. The molecule has 1 saturated heterocycles. The van der Waals surface area contributed by atoms with Crippen LogP contribution in [0.15, 0.2) is 28.7 Å². The number of ether oxygens (including phenoxy) is 1. The lowest BCUT2D eigenvalue weighted by atomic mass is 9.96. The first kappa shape index (κ1) is 16.6. The van der Waals surface area contributed by atoms with Crippen molar-refractivity contribution in [2.24, 2.45) is 0 Å². The molecule has 134 valence electrons. The van der Waals surface area contributed by atoms with Gasteiger partial charge in [-0.15, -0.1) is 10.2 Å². The first-order valence-electron chi connectivity index (χ1n) is 8.05. The molecule has 1 saturated carbocycles. The Kier molecular flexibility index (Phi) is 3.89. The molecule has 2 aromatic rings. The molecular formula is C16H18FN3O4S. The second kappa shape index (κ2) is 5.86. The molecular weight excluding hydrogens is 349 g/mol. The lowest BCUT2D eigenvalue weighted by Crippen LogP contribution is -2.41. The molecule has 9 heteroatoms. The van der Waals surface area contributed by atoms with Crippen LogP contribution in [-0.2, 0) is 20.2 Å². The van der Waals surface area contributed by atoms with Crippen molar-refractivity contribution in [2.45, 2.75) is 24.4 Å². The van der Waals surface area contributed by atoms with Crippen molar-refractivity contribution >= 4 is 10.0 Å². The Labute approximate surface area is 144 Å². The first-order chi connectivity index (χ1) is 11.9. The summed E-state index contributed by atoms with van der Waals surface area (Å²) in [6, 6.07) is 6.30. The predicted molar refractivity (Wildman–Crippen MR) is 85.8 cm³/mol. The molecule has 0 unspecified atom stereocenters. The Hall–Kier alpha value is -1.84. The fourth-order valence-electron chi connectivity index (χ4n) is 3.15. The third-order valence-electron chi connectivity index (χ3n) is 4.77. The summed E-state index contributed by atoms with van der Waals surface area (Å²) in [5.74, 6) is 0.452. The van der Waals surface area contributed by atoms with E-state index in [-0.39, 0.29) is 30.3 Å². The summed E-state index contributed by atoms with van der Waals surface area (Å²) in [5.41, 5.74) is 0.566.